The quantitative estimate of drug-likeness (QED) is 0.0256. The predicted molar refractivity (Wildman–Crippen MR) is 289 cm³/mol. The maximum Gasteiger partial charge on any atom is 0.342 e. The number of aliphatic hydroxyl groups is 5. The maximum atomic E-state index is 10.4. The van der Waals surface area contributed by atoms with Crippen LogP contribution >= 0.6 is 0 Å². The molecular formula is C56H102O12. The summed E-state index contributed by atoms with van der Waals surface area (Å²) in [5, 5.41) is 67.2. The highest BCUT2D eigenvalue weighted by Gasteiger charge is 2.27. The summed E-state index contributed by atoms with van der Waals surface area (Å²) in [5.74, 6) is -5.46. The van der Waals surface area contributed by atoms with E-state index in [0.29, 0.717) is 24.0 Å². The summed E-state index contributed by atoms with van der Waals surface area (Å²) in [6.07, 6.45) is 11.3. The summed E-state index contributed by atoms with van der Waals surface area (Å²) in [7, 11) is 0. The molecule has 4 aromatic rings. The van der Waals surface area contributed by atoms with Gasteiger partial charge in [0, 0.05) is 37.5 Å². The molecule has 68 heavy (non-hydrogen) atoms. The number of carboxylic acid groups (broad SMARTS) is 2. The number of unbranched alkanes of at least 4 members (excludes halogenated alkanes) is 6. The van der Waals surface area contributed by atoms with Gasteiger partial charge in [-0.1, -0.05) is 239 Å². The molecule has 0 aliphatic carbocycles. The fourth-order valence-electron chi connectivity index (χ4n) is 4.38. The molecule has 8 N–H and O–H groups in total. The fourth-order valence-corrected chi connectivity index (χ4v) is 4.38. The van der Waals surface area contributed by atoms with Gasteiger partial charge >= 0.3 is 11.9 Å². The van der Waals surface area contributed by atoms with E-state index in [1.54, 1.807) is 55.5 Å². The molecule has 4 rings (SSSR count). The van der Waals surface area contributed by atoms with Crippen LogP contribution in [-0.4, -0.2) is 71.3 Å². The number of carbonyl (C=O) groups excluding carboxylic acids is 1. The van der Waals surface area contributed by atoms with Crippen LogP contribution in [-0.2, 0) is 31.5 Å². The highest BCUT2D eigenvalue weighted by Crippen LogP contribution is 2.25. The Morgan fingerprint density at radius 2 is 0.750 bits per heavy atom. The van der Waals surface area contributed by atoms with Gasteiger partial charge in [0.15, 0.2) is 5.79 Å². The molecule has 0 unspecified atom stereocenters. The zero-order valence-corrected chi connectivity index (χ0v) is 38.5. The molecule has 0 spiro atoms. The standard InChI is InChI=1S/C13H12O2.C13H12.C8H16O3.C6H12O2.C3H8O2.C3H8.C2H4O2.C2H6O.6CH4/c14-13(15,11-7-3-1-4-8-11)12-9-5-2-6-10-12;1-3-7-12(8-4-1)11-13-9-5-2-6-10-13;1-2-3-4-5-6-7-8(9)11-10;1-2-3-4-5-6(7)8;1-3(2,4)5;1-3-2;1-2(3)4;1-2-3;;;;;;/h1-10,14-15H;1-10H,11H2;10H,2-7H2,1H3;2-5H2,1H3,(H,7,8);4-5H,1-2H3;3H2,1-2H3;1H3,(H,3,4);3H,2H2,1H3;6*1H4. The Labute approximate surface area is 415 Å². The third-order valence-corrected chi connectivity index (χ3v) is 7.03. The van der Waals surface area contributed by atoms with E-state index in [0.717, 1.165) is 51.9 Å². The van der Waals surface area contributed by atoms with Crippen molar-refractivity contribution in [1.29, 1.82) is 0 Å². The molecule has 0 aliphatic rings. The number of carbonyl (C=O) groups is 3. The van der Waals surface area contributed by atoms with E-state index in [-0.39, 0.29) is 51.2 Å². The van der Waals surface area contributed by atoms with Crippen LogP contribution < -0.4 is 0 Å². The first-order valence-corrected chi connectivity index (χ1v) is 21.2. The first-order chi connectivity index (χ1) is 29.3. The summed E-state index contributed by atoms with van der Waals surface area (Å²) in [6.45, 7) is 14.1. The summed E-state index contributed by atoms with van der Waals surface area (Å²) in [4.78, 5) is 32.8. The topological polar surface area (TPSA) is 222 Å². The van der Waals surface area contributed by atoms with Gasteiger partial charge in [0.2, 0.25) is 5.79 Å². The number of aliphatic carboxylic acids is 2. The van der Waals surface area contributed by atoms with Crippen molar-refractivity contribution in [2.75, 3.05) is 6.61 Å². The highest BCUT2D eigenvalue weighted by molar-refractivity contribution is 5.68. The van der Waals surface area contributed by atoms with E-state index >= 15 is 0 Å². The van der Waals surface area contributed by atoms with Gasteiger partial charge in [0.05, 0.1) is 0 Å². The van der Waals surface area contributed by atoms with Gasteiger partial charge in [-0.2, -0.15) is 5.26 Å². The van der Waals surface area contributed by atoms with Crippen LogP contribution in [0.3, 0.4) is 0 Å². The molecule has 0 fully saturated rings. The Kier molecular flexibility index (Phi) is 76.2. The lowest BCUT2D eigenvalue weighted by molar-refractivity contribution is -0.234. The molecule has 0 bridgehead atoms. The summed E-state index contributed by atoms with van der Waals surface area (Å²) >= 11 is 0. The predicted octanol–water partition coefficient (Wildman–Crippen LogP) is 14.2. The normalized spacial score (nSPS) is 8.79. The van der Waals surface area contributed by atoms with E-state index in [2.05, 4.69) is 93.2 Å². The minimum atomic E-state index is -1.91. The zero-order chi connectivity index (χ0) is 48.1. The maximum absolute atomic E-state index is 10.4. The van der Waals surface area contributed by atoms with Crippen molar-refractivity contribution >= 4 is 17.9 Å². The Hall–Kier alpha value is -4.95. The molecule has 4 aromatic carbocycles. The fraction of sp³-hybridized carbons (Fsp3) is 0.518. The van der Waals surface area contributed by atoms with E-state index in [9.17, 15) is 19.8 Å². The van der Waals surface area contributed by atoms with Crippen molar-refractivity contribution in [3.63, 3.8) is 0 Å². The summed E-state index contributed by atoms with van der Waals surface area (Å²) < 4.78 is 0. The van der Waals surface area contributed by atoms with Crippen molar-refractivity contribution in [2.45, 2.75) is 189 Å². The number of carboxylic acids is 2. The number of aliphatic hydroxyl groups excluding tert-OH is 1. The average Bonchev–Trinajstić information content (AvgIpc) is 3.23. The van der Waals surface area contributed by atoms with E-state index in [4.69, 9.17) is 35.6 Å². The zero-order valence-electron chi connectivity index (χ0n) is 38.5. The molecule has 398 valence electrons. The van der Waals surface area contributed by atoms with Crippen LogP contribution in [0.25, 0.3) is 0 Å². The Morgan fingerprint density at radius 1 is 0.500 bits per heavy atom. The summed E-state index contributed by atoms with van der Waals surface area (Å²) in [5.41, 5.74) is 3.68. The van der Waals surface area contributed by atoms with E-state index in [1.807, 2.05) is 12.1 Å². The van der Waals surface area contributed by atoms with Crippen molar-refractivity contribution in [3.8, 4) is 0 Å². The smallest absolute Gasteiger partial charge is 0.342 e. The molecular weight excluding hydrogens is 865 g/mol. The van der Waals surface area contributed by atoms with Crippen molar-refractivity contribution in [1.82, 2.24) is 0 Å². The third kappa shape index (κ3) is 67.6. The van der Waals surface area contributed by atoms with Crippen LogP contribution in [0.15, 0.2) is 121 Å². The highest BCUT2D eigenvalue weighted by atomic mass is 17.1. The van der Waals surface area contributed by atoms with Gasteiger partial charge < -0.3 is 40.6 Å². The minimum absolute atomic E-state index is 0. The number of hydrogen-bond donors (Lipinski definition) is 8. The van der Waals surface area contributed by atoms with E-state index in [1.165, 1.54) is 44.2 Å². The van der Waals surface area contributed by atoms with Crippen LogP contribution in [0.1, 0.15) is 193 Å². The second-order valence-corrected chi connectivity index (χ2v) is 14.1. The lowest BCUT2D eigenvalue weighted by Crippen LogP contribution is -2.26. The lowest BCUT2D eigenvalue weighted by atomic mass is 9.98. The molecule has 12 nitrogen and oxygen atoms in total. The van der Waals surface area contributed by atoms with Gasteiger partial charge in [-0.25, -0.2) is 4.79 Å². The third-order valence-electron chi connectivity index (χ3n) is 7.03. The number of hydrogen-bond acceptors (Lipinski definition) is 10. The molecule has 0 saturated heterocycles. The Balaban J connectivity index is -0.0000000740. The molecule has 0 heterocycles. The lowest BCUT2D eigenvalue weighted by Gasteiger charge is -2.22. The number of benzene rings is 4. The second kappa shape index (κ2) is 60.1. The SMILES string of the molecule is C.C.C.C.C.C.CC(=O)O.CC(C)(O)O.CCC.CCCCCC(=O)O.CCCCCCCC(=O)OO.CCO.OC(O)(c1ccccc1)c1ccccc1.c1ccc(Cc2ccccc2)cc1. The Bertz CT molecular complexity index is 1460. The van der Waals surface area contributed by atoms with Crippen LogP contribution in [0.2, 0.25) is 0 Å². The van der Waals surface area contributed by atoms with Gasteiger partial charge in [-0.15, -0.1) is 0 Å². The van der Waals surface area contributed by atoms with Gasteiger partial charge in [-0.05, 0) is 51.2 Å². The van der Waals surface area contributed by atoms with Crippen molar-refractivity contribution in [3.05, 3.63) is 144 Å². The molecule has 0 aromatic heterocycles. The van der Waals surface area contributed by atoms with Crippen LogP contribution in [0.5, 0.6) is 0 Å². The molecule has 0 saturated carbocycles. The van der Waals surface area contributed by atoms with Crippen molar-refractivity contribution in [2.24, 2.45) is 0 Å². The van der Waals surface area contributed by atoms with Gasteiger partial charge in [0.1, 0.15) is 0 Å². The van der Waals surface area contributed by atoms with Gasteiger partial charge in [0.25, 0.3) is 5.97 Å². The minimum Gasteiger partial charge on any atom is -0.481 e. The largest absolute Gasteiger partial charge is 0.481 e. The monoisotopic (exact) mass is 967 g/mol. The molecule has 12 heteroatoms. The first kappa shape index (κ1) is 86.3. The molecule has 0 atom stereocenters. The van der Waals surface area contributed by atoms with Crippen molar-refractivity contribution < 1.29 is 60.3 Å². The van der Waals surface area contributed by atoms with Gasteiger partial charge in [-0.3, -0.25) is 9.59 Å². The average molecular weight is 967 g/mol. The van der Waals surface area contributed by atoms with Crippen LogP contribution in [0, 0.1) is 0 Å². The number of rotatable bonds is 14. The van der Waals surface area contributed by atoms with E-state index < -0.39 is 29.5 Å². The molecule has 0 amide bonds. The summed E-state index contributed by atoms with van der Waals surface area (Å²) in [6, 6.07) is 38.6. The Morgan fingerprint density at radius 3 is 1.01 bits per heavy atom. The second-order valence-electron chi connectivity index (χ2n) is 14.1. The van der Waals surface area contributed by atoms with Crippen LogP contribution in [0.4, 0.5) is 0 Å². The first-order valence-electron chi connectivity index (χ1n) is 21.2. The molecule has 0 radical (unpaired) electrons. The molecule has 0 aliphatic heterocycles.